The zero-order chi connectivity index (χ0) is 29.1. The maximum absolute atomic E-state index is 11.7. The summed E-state index contributed by atoms with van der Waals surface area (Å²) in [7, 11) is 2.19. The van der Waals surface area contributed by atoms with E-state index in [9.17, 15) is 4.79 Å². The quantitative estimate of drug-likeness (QED) is 0.116. The van der Waals surface area contributed by atoms with Crippen molar-refractivity contribution in [1.29, 1.82) is 0 Å². The molecule has 2 aromatic carbocycles. The van der Waals surface area contributed by atoms with Crippen molar-refractivity contribution in [2.24, 2.45) is 0 Å². The number of hydrogen-bond acceptors (Lipinski definition) is 6. The lowest BCUT2D eigenvalue weighted by atomic mass is 10.1. The number of unbranched alkanes of at least 4 members (excludes halogenated alkanes) is 6. The Kier molecular flexibility index (Phi) is 16.1. The molecule has 1 fully saturated rings. The minimum Gasteiger partial charge on any atom is -0.466 e. The van der Waals surface area contributed by atoms with Gasteiger partial charge in [-0.05, 0) is 50.9 Å². The number of benzene rings is 2. The molecule has 4 unspecified atom stereocenters. The van der Waals surface area contributed by atoms with Crippen molar-refractivity contribution in [2.75, 3.05) is 26.8 Å². The van der Waals surface area contributed by atoms with Gasteiger partial charge in [-0.15, -0.1) is 0 Å². The first kappa shape index (κ1) is 33.3. The summed E-state index contributed by atoms with van der Waals surface area (Å²) in [5, 5.41) is 0. The molecule has 3 rings (SSSR count). The molecule has 1 aliphatic rings. The Hall–Kier alpha value is -2.25. The molecule has 0 N–H and O–H groups in total. The topological polar surface area (TPSA) is 57.2 Å². The van der Waals surface area contributed by atoms with Gasteiger partial charge in [0.25, 0.3) is 0 Å². The van der Waals surface area contributed by atoms with Crippen LogP contribution < -0.4 is 0 Å². The minimum absolute atomic E-state index is 0.00519. The number of hydrogen-bond donors (Lipinski definition) is 0. The van der Waals surface area contributed by atoms with Crippen LogP contribution in [0.4, 0.5) is 0 Å². The van der Waals surface area contributed by atoms with E-state index in [0.29, 0.717) is 26.2 Å². The summed E-state index contributed by atoms with van der Waals surface area (Å²) in [5.74, 6) is -0.100. The molecule has 0 heterocycles. The van der Waals surface area contributed by atoms with Crippen molar-refractivity contribution in [1.82, 2.24) is 4.90 Å². The second kappa shape index (κ2) is 19.8. The predicted molar refractivity (Wildman–Crippen MR) is 165 cm³/mol. The van der Waals surface area contributed by atoms with Crippen LogP contribution in [0, 0.1) is 0 Å². The molecule has 6 nitrogen and oxygen atoms in total. The van der Waals surface area contributed by atoms with Crippen molar-refractivity contribution in [3.8, 4) is 0 Å². The average Bonchev–Trinajstić information content (AvgIpc) is 3.35. The smallest absolute Gasteiger partial charge is 0.305 e. The van der Waals surface area contributed by atoms with E-state index in [0.717, 1.165) is 45.3 Å². The first-order chi connectivity index (χ1) is 20.1. The monoisotopic (exact) mass is 567 g/mol. The summed E-state index contributed by atoms with van der Waals surface area (Å²) in [6.45, 7) is 7.35. The Morgan fingerprint density at radius 3 is 2.00 bits per heavy atom. The summed E-state index contributed by atoms with van der Waals surface area (Å²) in [5.41, 5.74) is 2.35. The van der Waals surface area contributed by atoms with Crippen LogP contribution in [0.2, 0.25) is 0 Å². The molecule has 41 heavy (non-hydrogen) atoms. The standard InChI is InChI=1S/C35H53NO5/c1-4-6-7-8-18-25-39-35-32(41-28-30-21-14-10-15-22-30)26-31(40-27-29-19-12-9-13-20-29)34(35)36(3)24-17-11-16-23-33(37)38-5-2/h9-10,12-15,19-22,31-32,34-35H,4-8,11,16-18,23-28H2,1-3H3. The highest BCUT2D eigenvalue weighted by molar-refractivity contribution is 5.69. The molecule has 0 saturated heterocycles. The molecule has 4 atom stereocenters. The Morgan fingerprint density at radius 1 is 0.756 bits per heavy atom. The predicted octanol–water partition coefficient (Wildman–Crippen LogP) is 7.34. The van der Waals surface area contributed by atoms with Crippen molar-refractivity contribution >= 4 is 5.97 Å². The van der Waals surface area contributed by atoms with Gasteiger partial charge in [0, 0.05) is 19.4 Å². The van der Waals surface area contributed by atoms with Gasteiger partial charge in [-0.25, -0.2) is 0 Å². The third kappa shape index (κ3) is 12.3. The van der Waals surface area contributed by atoms with Gasteiger partial charge in [-0.3, -0.25) is 9.69 Å². The number of likely N-dealkylation sites (N-methyl/N-ethyl adjacent to an activating group) is 1. The van der Waals surface area contributed by atoms with E-state index in [-0.39, 0.29) is 30.3 Å². The maximum atomic E-state index is 11.7. The minimum atomic E-state index is -0.100. The van der Waals surface area contributed by atoms with E-state index < -0.39 is 0 Å². The highest BCUT2D eigenvalue weighted by Gasteiger charge is 2.47. The molecule has 0 radical (unpaired) electrons. The van der Waals surface area contributed by atoms with Gasteiger partial charge in [0.15, 0.2) is 0 Å². The summed E-state index contributed by atoms with van der Waals surface area (Å²) in [4.78, 5) is 14.1. The zero-order valence-electron chi connectivity index (χ0n) is 25.7. The van der Waals surface area contributed by atoms with E-state index in [4.69, 9.17) is 18.9 Å². The lowest BCUT2D eigenvalue weighted by Crippen LogP contribution is -2.48. The second-order valence-electron chi connectivity index (χ2n) is 11.2. The fraction of sp³-hybridized carbons (Fsp3) is 0.629. The van der Waals surface area contributed by atoms with Crippen LogP contribution in [0.1, 0.15) is 89.2 Å². The third-order valence-corrected chi connectivity index (χ3v) is 7.93. The van der Waals surface area contributed by atoms with Crippen LogP contribution in [0.15, 0.2) is 60.7 Å². The van der Waals surface area contributed by atoms with E-state index in [1.54, 1.807) is 0 Å². The van der Waals surface area contributed by atoms with E-state index >= 15 is 0 Å². The number of rotatable bonds is 21. The normalized spacial score (nSPS) is 20.5. The molecule has 1 aliphatic carbocycles. The second-order valence-corrected chi connectivity index (χ2v) is 11.2. The Morgan fingerprint density at radius 2 is 1.37 bits per heavy atom. The molecule has 228 valence electrons. The van der Waals surface area contributed by atoms with Crippen LogP contribution in [0.5, 0.6) is 0 Å². The Labute approximate surface area is 248 Å². The van der Waals surface area contributed by atoms with Crippen molar-refractivity contribution in [2.45, 2.75) is 116 Å². The van der Waals surface area contributed by atoms with Crippen LogP contribution in [0.3, 0.4) is 0 Å². The highest BCUT2D eigenvalue weighted by atomic mass is 16.6. The zero-order valence-corrected chi connectivity index (χ0v) is 25.7. The van der Waals surface area contributed by atoms with Gasteiger partial charge in [0.2, 0.25) is 0 Å². The fourth-order valence-electron chi connectivity index (χ4n) is 5.67. The van der Waals surface area contributed by atoms with Crippen LogP contribution >= 0.6 is 0 Å². The first-order valence-corrected chi connectivity index (χ1v) is 15.9. The van der Waals surface area contributed by atoms with Crippen LogP contribution in [-0.4, -0.2) is 62.0 Å². The first-order valence-electron chi connectivity index (χ1n) is 15.9. The molecule has 0 bridgehead atoms. The average molecular weight is 568 g/mol. The Bertz CT molecular complexity index is 940. The molecule has 0 spiro atoms. The fourth-order valence-corrected chi connectivity index (χ4v) is 5.67. The molecule has 1 saturated carbocycles. The van der Waals surface area contributed by atoms with Crippen molar-refractivity contribution in [3.63, 3.8) is 0 Å². The van der Waals surface area contributed by atoms with E-state index in [1.165, 1.54) is 36.8 Å². The largest absolute Gasteiger partial charge is 0.466 e. The molecular formula is C35H53NO5. The number of ether oxygens (including phenoxy) is 4. The third-order valence-electron chi connectivity index (χ3n) is 7.93. The highest BCUT2D eigenvalue weighted by Crippen LogP contribution is 2.33. The van der Waals surface area contributed by atoms with Crippen LogP contribution in [0.25, 0.3) is 0 Å². The van der Waals surface area contributed by atoms with Crippen LogP contribution in [-0.2, 0) is 37.0 Å². The number of esters is 1. The maximum Gasteiger partial charge on any atom is 0.305 e. The number of nitrogens with zero attached hydrogens (tertiary/aromatic N) is 1. The van der Waals surface area contributed by atoms with E-state index in [1.807, 2.05) is 19.1 Å². The SMILES string of the molecule is CCCCCCCOC1C(OCc2ccccc2)CC(OCc2ccccc2)C1N(C)CCCCCC(=O)OCC. The molecule has 0 amide bonds. The molecule has 0 aliphatic heterocycles. The van der Waals surface area contributed by atoms with Gasteiger partial charge >= 0.3 is 5.97 Å². The Balaban J connectivity index is 1.66. The van der Waals surface area contributed by atoms with E-state index in [2.05, 4.69) is 67.4 Å². The summed E-state index contributed by atoms with van der Waals surface area (Å²) in [6, 6.07) is 20.9. The van der Waals surface area contributed by atoms with Gasteiger partial charge < -0.3 is 18.9 Å². The number of carbonyl (C=O) groups is 1. The number of carbonyl (C=O) groups excluding carboxylic acids is 1. The lowest BCUT2D eigenvalue weighted by molar-refractivity contribution is -0.143. The molecule has 2 aromatic rings. The summed E-state index contributed by atoms with van der Waals surface area (Å²) in [6.07, 6.45) is 10.1. The van der Waals surface area contributed by atoms with Gasteiger partial charge in [-0.2, -0.15) is 0 Å². The summed E-state index contributed by atoms with van der Waals surface area (Å²) < 4.78 is 24.9. The van der Waals surface area contributed by atoms with Gasteiger partial charge in [0.05, 0.1) is 38.1 Å². The van der Waals surface area contributed by atoms with Gasteiger partial charge in [-0.1, -0.05) is 99.7 Å². The van der Waals surface area contributed by atoms with Crippen molar-refractivity contribution in [3.05, 3.63) is 71.8 Å². The molecule has 0 aromatic heterocycles. The molecular weight excluding hydrogens is 514 g/mol. The summed E-state index contributed by atoms with van der Waals surface area (Å²) >= 11 is 0. The van der Waals surface area contributed by atoms with Crippen molar-refractivity contribution < 1.29 is 23.7 Å². The lowest BCUT2D eigenvalue weighted by Gasteiger charge is -2.34. The van der Waals surface area contributed by atoms with Gasteiger partial charge in [0.1, 0.15) is 6.10 Å². The molecule has 6 heteroatoms.